The molecule has 0 saturated heterocycles. The summed E-state index contributed by atoms with van der Waals surface area (Å²) < 4.78 is 11.0. The van der Waals surface area contributed by atoms with Crippen LogP contribution in [-0.4, -0.2) is 35.2 Å². The van der Waals surface area contributed by atoms with Crippen LogP contribution in [0.5, 0.6) is 11.5 Å². The van der Waals surface area contributed by atoms with Crippen LogP contribution >= 0.6 is 0 Å². The van der Waals surface area contributed by atoms with E-state index in [2.05, 4.69) is 21.0 Å². The second kappa shape index (κ2) is 8.30. The Kier molecular flexibility index (Phi) is 5.24. The number of hydrazine groups is 1. The number of ether oxygens (including phenoxy) is 2. The summed E-state index contributed by atoms with van der Waals surface area (Å²) in [5.41, 5.74) is 7.21. The Morgan fingerprint density at radius 3 is 2.59 bits per heavy atom. The highest BCUT2D eigenvalue weighted by molar-refractivity contribution is 5.97. The lowest BCUT2D eigenvalue weighted by Gasteiger charge is -2.18. The van der Waals surface area contributed by atoms with Crippen LogP contribution in [0.15, 0.2) is 60.7 Å². The van der Waals surface area contributed by atoms with Gasteiger partial charge in [-0.05, 0) is 29.8 Å². The van der Waals surface area contributed by atoms with E-state index in [4.69, 9.17) is 9.47 Å². The highest BCUT2D eigenvalue weighted by Crippen LogP contribution is 2.31. The first-order valence-corrected chi connectivity index (χ1v) is 8.98. The fraction of sp³-hybridized carbons (Fsp3) is 0.0952. The smallest absolute Gasteiger partial charge is 0.287 e. The average molecular weight is 390 g/mol. The lowest BCUT2D eigenvalue weighted by Crippen LogP contribution is -2.40. The van der Waals surface area contributed by atoms with Crippen molar-refractivity contribution >= 4 is 17.9 Å². The summed E-state index contributed by atoms with van der Waals surface area (Å²) >= 11 is 0. The molecule has 0 fully saturated rings. The minimum absolute atomic E-state index is 0.236. The van der Waals surface area contributed by atoms with Gasteiger partial charge in [0.15, 0.2) is 11.5 Å². The summed E-state index contributed by atoms with van der Waals surface area (Å²) in [4.78, 5) is 24.2. The number of fused-ring (bicyclic) bond motifs is 1. The van der Waals surface area contributed by atoms with Crippen molar-refractivity contribution in [2.24, 2.45) is 0 Å². The number of carbonyl (C=O) groups excluding carboxylic acids is 2. The Balaban J connectivity index is 1.32. The van der Waals surface area contributed by atoms with E-state index in [1.165, 1.54) is 6.08 Å². The maximum Gasteiger partial charge on any atom is 0.287 e. The van der Waals surface area contributed by atoms with E-state index >= 15 is 0 Å². The molecule has 8 heteroatoms. The number of nitrogens with one attached hydrogen (secondary N) is 3. The van der Waals surface area contributed by atoms with Crippen molar-refractivity contribution in [2.75, 3.05) is 13.2 Å². The topological polar surface area (TPSA) is 105 Å². The first-order chi connectivity index (χ1) is 14.2. The molecule has 0 saturated carbocycles. The van der Waals surface area contributed by atoms with Gasteiger partial charge in [-0.15, -0.1) is 0 Å². The third-order valence-electron chi connectivity index (χ3n) is 4.18. The second-order valence-electron chi connectivity index (χ2n) is 6.21. The van der Waals surface area contributed by atoms with Crippen LogP contribution in [0.3, 0.4) is 0 Å². The predicted molar refractivity (Wildman–Crippen MR) is 106 cm³/mol. The molecular weight excluding hydrogens is 372 g/mol. The van der Waals surface area contributed by atoms with Gasteiger partial charge in [0.25, 0.3) is 11.8 Å². The molecule has 0 unspecified atom stereocenters. The number of benzene rings is 2. The molecule has 0 radical (unpaired) electrons. The molecule has 0 bridgehead atoms. The predicted octanol–water partition coefficient (Wildman–Crippen LogP) is 2.32. The third-order valence-corrected chi connectivity index (χ3v) is 4.18. The molecule has 0 atom stereocenters. The van der Waals surface area contributed by atoms with Crippen molar-refractivity contribution in [1.82, 2.24) is 21.0 Å². The number of carbonyl (C=O) groups is 2. The molecule has 3 aromatic rings. The van der Waals surface area contributed by atoms with E-state index in [0.29, 0.717) is 30.4 Å². The van der Waals surface area contributed by atoms with Crippen LogP contribution in [-0.2, 0) is 4.79 Å². The maximum atomic E-state index is 12.2. The van der Waals surface area contributed by atoms with Gasteiger partial charge in [-0.3, -0.25) is 25.5 Å². The lowest BCUT2D eigenvalue weighted by molar-refractivity contribution is -0.117. The molecule has 0 aliphatic carbocycles. The molecule has 3 N–H and O–H groups in total. The highest BCUT2D eigenvalue weighted by Gasteiger charge is 2.12. The van der Waals surface area contributed by atoms with Gasteiger partial charge in [0.1, 0.15) is 18.9 Å². The third kappa shape index (κ3) is 4.44. The average Bonchev–Trinajstić information content (AvgIpc) is 3.27. The fourth-order valence-corrected chi connectivity index (χ4v) is 2.76. The number of H-pyrrole nitrogens is 1. The molecule has 1 aliphatic heterocycles. The van der Waals surface area contributed by atoms with E-state index in [0.717, 1.165) is 11.1 Å². The molecule has 2 aromatic carbocycles. The van der Waals surface area contributed by atoms with Gasteiger partial charge >= 0.3 is 0 Å². The number of amides is 2. The normalized spacial score (nSPS) is 12.6. The van der Waals surface area contributed by atoms with Crippen molar-refractivity contribution < 1.29 is 19.1 Å². The molecule has 1 aromatic heterocycles. The molecule has 146 valence electrons. The summed E-state index contributed by atoms with van der Waals surface area (Å²) in [6.07, 6.45) is 2.93. The minimum Gasteiger partial charge on any atom is -0.486 e. The summed E-state index contributed by atoms with van der Waals surface area (Å²) in [6, 6.07) is 16.5. The second-order valence-corrected chi connectivity index (χ2v) is 6.21. The van der Waals surface area contributed by atoms with Crippen molar-refractivity contribution in [2.45, 2.75) is 0 Å². The first-order valence-electron chi connectivity index (χ1n) is 8.98. The monoisotopic (exact) mass is 390 g/mol. The van der Waals surface area contributed by atoms with E-state index in [1.54, 1.807) is 24.3 Å². The van der Waals surface area contributed by atoms with Gasteiger partial charge in [0.2, 0.25) is 0 Å². The van der Waals surface area contributed by atoms with Crippen LogP contribution < -0.4 is 20.3 Å². The fourth-order valence-electron chi connectivity index (χ4n) is 2.76. The summed E-state index contributed by atoms with van der Waals surface area (Å²) in [6.45, 7) is 1.01. The SMILES string of the molecule is O=C(/C=C/c1ccc2c(c1)OCCO2)NNC(=O)c1cc(-c2ccccc2)n[nH]1. The maximum absolute atomic E-state index is 12.2. The number of aromatic amines is 1. The largest absolute Gasteiger partial charge is 0.486 e. The van der Waals surface area contributed by atoms with E-state index in [9.17, 15) is 9.59 Å². The van der Waals surface area contributed by atoms with Gasteiger partial charge in [-0.25, -0.2) is 0 Å². The molecule has 2 amide bonds. The molecule has 1 aliphatic rings. The Morgan fingerprint density at radius 2 is 1.76 bits per heavy atom. The molecule has 8 nitrogen and oxygen atoms in total. The zero-order chi connectivity index (χ0) is 20.1. The summed E-state index contributed by atoms with van der Waals surface area (Å²) in [5.74, 6) is 0.344. The van der Waals surface area contributed by atoms with Gasteiger partial charge in [0, 0.05) is 11.6 Å². The van der Waals surface area contributed by atoms with Gasteiger partial charge in [-0.1, -0.05) is 36.4 Å². The minimum atomic E-state index is -0.499. The van der Waals surface area contributed by atoms with Gasteiger partial charge in [0.05, 0.1) is 5.69 Å². The number of hydrogen-bond donors (Lipinski definition) is 3. The van der Waals surface area contributed by atoms with Gasteiger partial charge in [-0.2, -0.15) is 5.10 Å². The lowest BCUT2D eigenvalue weighted by atomic mass is 10.1. The zero-order valence-electron chi connectivity index (χ0n) is 15.3. The van der Waals surface area contributed by atoms with Crippen LogP contribution in [0.1, 0.15) is 16.1 Å². The van der Waals surface area contributed by atoms with Crippen LogP contribution in [0.4, 0.5) is 0 Å². The number of nitrogens with zero attached hydrogens (tertiary/aromatic N) is 1. The van der Waals surface area contributed by atoms with Crippen molar-refractivity contribution in [3.05, 3.63) is 71.9 Å². The van der Waals surface area contributed by atoms with E-state index < -0.39 is 11.8 Å². The van der Waals surface area contributed by atoms with Crippen LogP contribution in [0.25, 0.3) is 17.3 Å². The number of rotatable bonds is 4. The number of hydrogen-bond acceptors (Lipinski definition) is 5. The van der Waals surface area contributed by atoms with Crippen molar-refractivity contribution in [3.63, 3.8) is 0 Å². The molecule has 2 heterocycles. The summed E-state index contributed by atoms with van der Waals surface area (Å²) in [5, 5.41) is 6.77. The van der Waals surface area contributed by atoms with Gasteiger partial charge < -0.3 is 9.47 Å². The Morgan fingerprint density at radius 1 is 0.966 bits per heavy atom. The van der Waals surface area contributed by atoms with Crippen molar-refractivity contribution in [3.8, 4) is 22.8 Å². The first kappa shape index (κ1) is 18.3. The molecule has 4 rings (SSSR count). The van der Waals surface area contributed by atoms with Crippen molar-refractivity contribution in [1.29, 1.82) is 0 Å². The molecule has 29 heavy (non-hydrogen) atoms. The summed E-state index contributed by atoms with van der Waals surface area (Å²) in [7, 11) is 0. The Hall–Kier alpha value is -4.07. The number of aromatic nitrogens is 2. The zero-order valence-corrected chi connectivity index (χ0v) is 15.3. The molecular formula is C21H18N4O4. The van der Waals surface area contributed by atoms with E-state index in [-0.39, 0.29) is 5.69 Å². The Bertz CT molecular complexity index is 1060. The molecule has 0 spiro atoms. The quantitative estimate of drug-likeness (QED) is 0.468. The van der Waals surface area contributed by atoms with Crippen LogP contribution in [0, 0.1) is 0 Å². The Labute approximate surface area is 166 Å². The highest BCUT2D eigenvalue weighted by atomic mass is 16.6. The van der Waals surface area contributed by atoms with E-state index in [1.807, 2.05) is 36.4 Å². The standard InChI is InChI=1S/C21H18N4O4/c26-20(9-7-14-6-8-18-19(12-14)29-11-10-28-18)24-25-21(27)17-13-16(22-23-17)15-4-2-1-3-5-15/h1-9,12-13H,10-11H2,(H,22,23)(H,24,26)(H,25,27)/b9-7+. The van der Waals surface area contributed by atoms with Crippen LogP contribution in [0.2, 0.25) is 0 Å².